The third kappa shape index (κ3) is 1.43. The van der Waals surface area contributed by atoms with E-state index in [0.29, 0.717) is 0 Å². The van der Waals surface area contributed by atoms with Gasteiger partial charge in [-0.2, -0.15) is 0 Å². The van der Waals surface area contributed by atoms with Gasteiger partial charge in [0.2, 0.25) is 0 Å². The monoisotopic (exact) mass is 166 g/mol. The first-order valence-corrected chi connectivity index (χ1v) is 3.79. The van der Waals surface area contributed by atoms with E-state index in [1.165, 1.54) is 0 Å². The molecule has 0 saturated carbocycles. The molecule has 4 unspecified atom stereocenters. The molecule has 0 aromatic carbocycles. The quantitative estimate of drug-likeness (QED) is 0.407. The summed E-state index contributed by atoms with van der Waals surface area (Å²) in [6.45, 7) is 1.63. The largest absolute Gasteiger partial charge is 0.388 e. The highest BCUT2D eigenvalue weighted by Crippen LogP contribution is 2.26. The molecule has 1 fully saturated rings. The maximum Gasteiger partial charge on any atom is 0.153 e. The molecule has 1 aliphatic heterocycles. The third-order valence-electron chi connectivity index (χ3n) is 1.43. The van der Waals surface area contributed by atoms with Crippen molar-refractivity contribution < 1.29 is 19.5 Å². The third-order valence-corrected chi connectivity index (χ3v) is 2.32. The predicted octanol–water partition coefficient (Wildman–Crippen LogP) is -0.907. The minimum absolute atomic E-state index is 0.427. The van der Waals surface area contributed by atoms with Gasteiger partial charge in [0.25, 0.3) is 0 Å². The maximum atomic E-state index is 9.07. The second-order valence-corrected chi connectivity index (χ2v) is 3.14. The van der Waals surface area contributed by atoms with Crippen LogP contribution < -0.4 is 0 Å². The SMILES string of the molecule is CC1OSC(O)C(O)C1O. The van der Waals surface area contributed by atoms with E-state index < -0.39 is 23.7 Å². The lowest BCUT2D eigenvalue weighted by molar-refractivity contribution is -0.0851. The first-order chi connectivity index (χ1) is 4.63. The summed E-state index contributed by atoms with van der Waals surface area (Å²) in [6.07, 6.45) is -2.52. The van der Waals surface area contributed by atoms with E-state index in [2.05, 4.69) is 0 Å². The standard InChI is InChI=1S/C5H10O4S/c1-2-3(6)4(7)5(8)10-9-2/h2-8H,1H3. The number of rotatable bonds is 0. The number of hydrogen-bond acceptors (Lipinski definition) is 5. The molecule has 0 amide bonds. The van der Waals surface area contributed by atoms with E-state index in [9.17, 15) is 0 Å². The second kappa shape index (κ2) is 3.06. The Morgan fingerprint density at radius 2 is 1.80 bits per heavy atom. The molecule has 0 aliphatic carbocycles. The highest BCUT2D eigenvalue weighted by molar-refractivity contribution is 7.95. The zero-order chi connectivity index (χ0) is 7.72. The van der Waals surface area contributed by atoms with Crippen molar-refractivity contribution in [2.24, 2.45) is 0 Å². The van der Waals surface area contributed by atoms with Gasteiger partial charge in [0.15, 0.2) is 5.44 Å². The average molecular weight is 166 g/mol. The molecule has 4 nitrogen and oxygen atoms in total. The molecule has 0 radical (unpaired) electrons. The minimum Gasteiger partial charge on any atom is -0.388 e. The van der Waals surface area contributed by atoms with Gasteiger partial charge in [0.1, 0.15) is 12.2 Å². The van der Waals surface area contributed by atoms with Crippen molar-refractivity contribution in [2.45, 2.75) is 30.7 Å². The van der Waals surface area contributed by atoms with Crippen LogP contribution in [-0.4, -0.2) is 39.1 Å². The lowest BCUT2D eigenvalue weighted by atomic mass is 10.1. The van der Waals surface area contributed by atoms with Crippen LogP contribution in [0.3, 0.4) is 0 Å². The Hall–Kier alpha value is 0.190. The van der Waals surface area contributed by atoms with Crippen molar-refractivity contribution in [3.05, 3.63) is 0 Å². The number of aliphatic hydroxyl groups is 3. The lowest BCUT2D eigenvalue weighted by Crippen LogP contribution is -2.46. The molecule has 10 heavy (non-hydrogen) atoms. The molecule has 0 bridgehead atoms. The lowest BCUT2D eigenvalue weighted by Gasteiger charge is -2.31. The summed E-state index contributed by atoms with van der Waals surface area (Å²) in [4.78, 5) is 0. The van der Waals surface area contributed by atoms with Gasteiger partial charge >= 0.3 is 0 Å². The topological polar surface area (TPSA) is 69.9 Å². The summed E-state index contributed by atoms with van der Waals surface area (Å²) in [5.41, 5.74) is -1.04. The van der Waals surface area contributed by atoms with Crippen LogP contribution in [0.4, 0.5) is 0 Å². The van der Waals surface area contributed by atoms with E-state index in [4.69, 9.17) is 19.5 Å². The smallest absolute Gasteiger partial charge is 0.153 e. The van der Waals surface area contributed by atoms with Crippen molar-refractivity contribution in [1.82, 2.24) is 0 Å². The molecular weight excluding hydrogens is 156 g/mol. The summed E-state index contributed by atoms with van der Waals surface area (Å²) >= 11 is 0.784. The Morgan fingerprint density at radius 3 is 2.30 bits per heavy atom. The summed E-state index contributed by atoms with van der Waals surface area (Å²) < 4.78 is 4.83. The van der Waals surface area contributed by atoms with Gasteiger partial charge in [-0.1, -0.05) is 0 Å². The number of hydrogen-bond donors (Lipinski definition) is 3. The molecule has 1 aliphatic rings. The molecule has 4 atom stereocenters. The Labute approximate surface area is 63.0 Å². The van der Waals surface area contributed by atoms with E-state index in [1.54, 1.807) is 6.92 Å². The molecule has 1 saturated heterocycles. The Bertz CT molecular complexity index is 106. The van der Waals surface area contributed by atoms with Gasteiger partial charge < -0.3 is 19.5 Å². The van der Waals surface area contributed by atoms with Crippen molar-refractivity contribution in [1.29, 1.82) is 0 Å². The molecule has 60 valence electrons. The van der Waals surface area contributed by atoms with Crippen LogP contribution in [0, 0.1) is 0 Å². The van der Waals surface area contributed by atoms with Gasteiger partial charge in [-0.15, -0.1) is 0 Å². The molecule has 1 heterocycles. The molecule has 1 rings (SSSR count). The fourth-order valence-corrected chi connectivity index (χ4v) is 1.38. The van der Waals surface area contributed by atoms with Crippen molar-refractivity contribution in [3.63, 3.8) is 0 Å². The number of aliphatic hydroxyl groups excluding tert-OH is 3. The van der Waals surface area contributed by atoms with Gasteiger partial charge in [-0.25, -0.2) is 0 Å². The van der Waals surface area contributed by atoms with Gasteiger partial charge in [-0.3, -0.25) is 0 Å². The summed E-state index contributed by atoms with van der Waals surface area (Å²) in [5.74, 6) is 0. The fraction of sp³-hybridized carbons (Fsp3) is 1.00. The van der Waals surface area contributed by atoms with E-state index in [1.807, 2.05) is 0 Å². The second-order valence-electron chi connectivity index (χ2n) is 2.27. The first kappa shape index (κ1) is 8.29. The molecule has 0 aromatic rings. The molecule has 3 N–H and O–H groups in total. The zero-order valence-corrected chi connectivity index (χ0v) is 6.28. The molecule has 0 spiro atoms. The van der Waals surface area contributed by atoms with Crippen molar-refractivity contribution in [3.8, 4) is 0 Å². The molecule has 0 aromatic heterocycles. The maximum absolute atomic E-state index is 9.07. The molecular formula is C5H10O4S. The van der Waals surface area contributed by atoms with Crippen LogP contribution in [-0.2, 0) is 4.18 Å². The Balaban J connectivity index is 2.52. The summed E-state index contributed by atoms with van der Waals surface area (Å²) in [7, 11) is 0. The Morgan fingerprint density at radius 1 is 1.20 bits per heavy atom. The first-order valence-electron chi connectivity index (χ1n) is 2.99. The van der Waals surface area contributed by atoms with Crippen LogP contribution in [0.5, 0.6) is 0 Å². The summed E-state index contributed by atoms with van der Waals surface area (Å²) in [6, 6.07) is 0. The van der Waals surface area contributed by atoms with Crippen LogP contribution in [0.15, 0.2) is 0 Å². The normalized spacial score (nSPS) is 49.2. The molecule has 5 heteroatoms. The van der Waals surface area contributed by atoms with Crippen LogP contribution in [0.2, 0.25) is 0 Å². The van der Waals surface area contributed by atoms with Gasteiger partial charge in [-0.05, 0) is 6.92 Å². The fourth-order valence-electron chi connectivity index (χ4n) is 0.705. The van der Waals surface area contributed by atoms with Crippen LogP contribution >= 0.6 is 12.0 Å². The van der Waals surface area contributed by atoms with Gasteiger partial charge in [0, 0.05) is 12.0 Å². The highest BCUT2D eigenvalue weighted by atomic mass is 32.2. The minimum atomic E-state index is -1.10. The summed E-state index contributed by atoms with van der Waals surface area (Å²) in [5, 5.41) is 27.0. The highest BCUT2D eigenvalue weighted by Gasteiger charge is 2.35. The van der Waals surface area contributed by atoms with Crippen LogP contribution in [0.1, 0.15) is 6.92 Å². The Kier molecular flexibility index (Phi) is 2.54. The average Bonchev–Trinajstić information content (AvgIpc) is 1.93. The van der Waals surface area contributed by atoms with Crippen molar-refractivity contribution in [2.75, 3.05) is 0 Å². The van der Waals surface area contributed by atoms with Crippen molar-refractivity contribution >= 4 is 12.0 Å². The van der Waals surface area contributed by atoms with Gasteiger partial charge in [0.05, 0.1) is 6.10 Å². The van der Waals surface area contributed by atoms with E-state index >= 15 is 0 Å². The van der Waals surface area contributed by atoms with E-state index in [0.717, 1.165) is 12.0 Å². The van der Waals surface area contributed by atoms with Crippen LogP contribution in [0.25, 0.3) is 0 Å². The predicted molar refractivity (Wildman–Crippen MR) is 36.2 cm³/mol. The zero-order valence-electron chi connectivity index (χ0n) is 5.47. The van der Waals surface area contributed by atoms with E-state index in [-0.39, 0.29) is 0 Å².